The molecule has 0 aliphatic carbocycles. The lowest BCUT2D eigenvalue weighted by Crippen LogP contribution is -2.50. The monoisotopic (exact) mass is 299 g/mol. The molecule has 6 heteroatoms. The summed E-state index contributed by atoms with van der Waals surface area (Å²) in [5.41, 5.74) is -0.506. The van der Waals surface area contributed by atoms with Crippen LogP contribution in [0.4, 0.5) is 4.79 Å². The number of carboxylic acid groups (broad SMARTS) is 1. The van der Waals surface area contributed by atoms with E-state index in [2.05, 4.69) is 22.5 Å². The first kappa shape index (κ1) is 17.8. The first-order valence-electron chi connectivity index (χ1n) is 7.82. The minimum Gasteiger partial charge on any atom is -0.481 e. The van der Waals surface area contributed by atoms with Gasteiger partial charge in [0.05, 0.1) is 0 Å². The van der Waals surface area contributed by atoms with E-state index in [1.807, 2.05) is 13.8 Å². The number of carbonyl (C=O) groups is 2. The van der Waals surface area contributed by atoms with Crippen LogP contribution in [0.3, 0.4) is 0 Å². The van der Waals surface area contributed by atoms with E-state index in [1.165, 1.54) is 0 Å². The van der Waals surface area contributed by atoms with E-state index in [4.69, 9.17) is 5.11 Å². The van der Waals surface area contributed by atoms with Gasteiger partial charge in [-0.2, -0.15) is 0 Å². The summed E-state index contributed by atoms with van der Waals surface area (Å²) in [6.45, 7) is 9.86. The second-order valence-corrected chi connectivity index (χ2v) is 6.49. The largest absolute Gasteiger partial charge is 0.481 e. The molecule has 21 heavy (non-hydrogen) atoms. The third-order valence-corrected chi connectivity index (χ3v) is 4.12. The summed E-state index contributed by atoms with van der Waals surface area (Å²) in [4.78, 5) is 24.9. The lowest BCUT2D eigenvalue weighted by atomic mass is 9.96. The average molecular weight is 299 g/mol. The van der Waals surface area contributed by atoms with Crippen molar-refractivity contribution >= 4 is 12.0 Å². The molecule has 0 spiro atoms. The van der Waals surface area contributed by atoms with E-state index in [0.29, 0.717) is 18.9 Å². The van der Waals surface area contributed by atoms with E-state index < -0.39 is 11.5 Å². The zero-order chi connectivity index (χ0) is 15.9. The second kappa shape index (κ2) is 8.22. The summed E-state index contributed by atoms with van der Waals surface area (Å²) in [6.07, 6.45) is 2.72. The maximum atomic E-state index is 11.9. The fourth-order valence-electron chi connectivity index (χ4n) is 2.58. The molecule has 1 fully saturated rings. The van der Waals surface area contributed by atoms with Gasteiger partial charge in [0.15, 0.2) is 0 Å². The van der Waals surface area contributed by atoms with Crippen LogP contribution in [-0.2, 0) is 4.79 Å². The number of carbonyl (C=O) groups excluding carboxylic acids is 1. The fourth-order valence-corrected chi connectivity index (χ4v) is 2.58. The predicted octanol–water partition coefficient (Wildman–Crippen LogP) is 1.66. The maximum absolute atomic E-state index is 11.9. The predicted molar refractivity (Wildman–Crippen MR) is 82.3 cm³/mol. The van der Waals surface area contributed by atoms with E-state index in [0.717, 1.165) is 32.5 Å². The van der Waals surface area contributed by atoms with E-state index in [-0.39, 0.29) is 12.5 Å². The Labute approximate surface area is 127 Å². The van der Waals surface area contributed by atoms with Crippen LogP contribution in [-0.4, -0.2) is 53.7 Å². The van der Waals surface area contributed by atoms with Crippen molar-refractivity contribution in [1.82, 2.24) is 15.5 Å². The Morgan fingerprint density at radius 3 is 2.43 bits per heavy atom. The van der Waals surface area contributed by atoms with Crippen molar-refractivity contribution in [2.75, 3.05) is 26.2 Å². The molecule has 1 heterocycles. The van der Waals surface area contributed by atoms with Crippen LogP contribution in [0.25, 0.3) is 0 Å². The Bertz CT molecular complexity index is 350. The number of amides is 2. The highest BCUT2D eigenvalue weighted by Gasteiger charge is 2.23. The first-order chi connectivity index (χ1) is 9.82. The number of hydrogen-bond acceptors (Lipinski definition) is 3. The van der Waals surface area contributed by atoms with Crippen LogP contribution < -0.4 is 10.6 Å². The molecule has 0 atom stereocenters. The summed E-state index contributed by atoms with van der Waals surface area (Å²) in [6, 6.07) is -0.205. The summed E-state index contributed by atoms with van der Waals surface area (Å²) < 4.78 is 0. The summed E-state index contributed by atoms with van der Waals surface area (Å²) >= 11 is 0. The van der Waals surface area contributed by atoms with Gasteiger partial charge in [0.2, 0.25) is 0 Å². The van der Waals surface area contributed by atoms with Gasteiger partial charge in [0.25, 0.3) is 0 Å². The number of carboxylic acids is 1. The van der Waals surface area contributed by atoms with Gasteiger partial charge in [-0.05, 0) is 58.7 Å². The van der Waals surface area contributed by atoms with Crippen molar-refractivity contribution in [3.8, 4) is 0 Å². The number of nitrogens with zero attached hydrogens (tertiary/aromatic N) is 1. The normalized spacial score (nSPS) is 17.5. The number of aliphatic carboxylic acids is 1. The standard InChI is InChI=1S/C15H29N3O3/c1-4-18-9-6-12(7-10-18)11-16-14(21)17-15(2,3)8-5-13(19)20/h12H,4-11H2,1-3H3,(H,19,20)(H2,16,17,21). The molecule has 0 aromatic heterocycles. The number of likely N-dealkylation sites (tertiary alicyclic amines) is 1. The molecule has 122 valence electrons. The molecule has 1 aliphatic heterocycles. The molecule has 0 radical (unpaired) electrons. The average Bonchev–Trinajstić information content (AvgIpc) is 2.43. The number of nitrogens with one attached hydrogen (secondary N) is 2. The number of urea groups is 1. The van der Waals surface area contributed by atoms with Crippen molar-refractivity contribution in [3.63, 3.8) is 0 Å². The quantitative estimate of drug-likeness (QED) is 0.668. The highest BCUT2D eigenvalue weighted by molar-refractivity contribution is 5.74. The van der Waals surface area contributed by atoms with Gasteiger partial charge < -0.3 is 20.6 Å². The Morgan fingerprint density at radius 2 is 1.90 bits per heavy atom. The van der Waals surface area contributed by atoms with Crippen molar-refractivity contribution < 1.29 is 14.7 Å². The molecule has 0 aromatic rings. The SMILES string of the molecule is CCN1CCC(CNC(=O)NC(C)(C)CCC(=O)O)CC1. The Kier molecular flexibility index (Phi) is 6.95. The summed E-state index contributed by atoms with van der Waals surface area (Å²) in [5.74, 6) is -0.298. The van der Waals surface area contributed by atoms with E-state index >= 15 is 0 Å². The van der Waals surface area contributed by atoms with Gasteiger partial charge in [-0.15, -0.1) is 0 Å². The molecule has 0 bridgehead atoms. The van der Waals surface area contributed by atoms with Gasteiger partial charge in [-0.25, -0.2) is 4.79 Å². The second-order valence-electron chi connectivity index (χ2n) is 6.49. The van der Waals surface area contributed by atoms with Crippen LogP contribution in [0.15, 0.2) is 0 Å². The lowest BCUT2D eigenvalue weighted by molar-refractivity contribution is -0.137. The molecular formula is C15H29N3O3. The Balaban J connectivity index is 2.23. The number of piperidine rings is 1. The highest BCUT2D eigenvalue weighted by atomic mass is 16.4. The van der Waals surface area contributed by atoms with Crippen molar-refractivity contribution in [2.24, 2.45) is 5.92 Å². The number of hydrogen-bond donors (Lipinski definition) is 3. The highest BCUT2D eigenvalue weighted by Crippen LogP contribution is 2.16. The molecular weight excluding hydrogens is 270 g/mol. The van der Waals surface area contributed by atoms with Crippen LogP contribution in [0.2, 0.25) is 0 Å². The molecule has 6 nitrogen and oxygen atoms in total. The molecule has 0 saturated carbocycles. The van der Waals surface area contributed by atoms with Gasteiger partial charge in [-0.3, -0.25) is 4.79 Å². The lowest BCUT2D eigenvalue weighted by Gasteiger charge is -2.31. The minimum absolute atomic E-state index is 0.0583. The topological polar surface area (TPSA) is 81.7 Å². The van der Waals surface area contributed by atoms with Gasteiger partial charge in [0, 0.05) is 18.5 Å². The van der Waals surface area contributed by atoms with Gasteiger partial charge in [0.1, 0.15) is 0 Å². The third kappa shape index (κ3) is 7.32. The van der Waals surface area contributed by atoms with E-state index in [1.54, 1.807) is 0 Å². The van der Waals surface area contributed by atoms with Crippen LogP contribution >= 0.6 is 0 Å². The van der Waals surface area contributed by atoms with E-state index in [9.17, 15) is 9.59 Å². The van der Waals surface area contributed by atoms with Crippen LogP contribution in [0, 0.1) is 5.92 Å². The Morgan fingerprint density at radius 1 is 1.29 bits per heavy atom. The van der Waals surface area contributed by atoms with Crippen molar-refractivity contribution in [3.05, 3.63) is 0 Å². The fraction of sp³-hybridized carbons (Fsp3) is 0.867. The molecule has 1 rings (SSSR count). The summed E-state index contributed by atoms with van der Waals surface area (Å²) in [7, 11) is 0. The Hall–Kier alpha value is -1.30. The summed E-state index contributed by atoms with van der Waals surface area (Å²) in [5, 5.41) is 14.5. The van der Waals surface area contributed by atoms with Crippen LogP contribution in [0.1, 0.15) is 46.5 Å². The maximum Gasteiger partial charge on any atom is 0.315 e. The van der Waals surface area contributed by atoms with Gasteiger partial charge in [-0.1, -0.05) is 6.92 Å². The van der Waals surface area contributed by atoms with Crippen molar-refractivity contribution in [1.29, 1.82) is 0 Å². The molecule has 0 unspecified atom stereocenters. The molecule has 2 amide bonds. The molecule has 1 aliphatic rings. The molecule has 1 saturated heterocycles. The van der Waals surface area contributed by atoms with Gasteiger partial charge >= 0.3 is 12.0 Å². The number of rotatable bonds is 7. The van der Waals surface area contributed by atoms with Crippen molar-refractivity contribution in [2.45, 2.75) is 52.0 Å². The molecule has 3 N–H and O–H groups in total. The zero-order valence-electron chi connectivity index (χ0n) is 13.4. The smallest absolute Gasteiger partial charge is 0.315 e. The molecule has 0 aromatic carbocycles. The van der Waals surface area contributed by atoms with Crippen LogP contribution in [0.5, 0.6) is 0 Å². The minimum atomic E-state index is -0.840. The first-order valence-corrected chi connectivity index (χ1v) is 7.82. The third-order valence-electron chi connectivity index (χ3n) is 4.12. The zero-order valence-corrected chi connectivity index (χ0v) is 13.4.